The number of nitrogens with zero attached hydrogens (tertiary/aromatic N) is 2. The molecule has 142 valence electrons. The van der Waals surface area contributed by atoms with E-state index in [9.17, 15) is 9.59 Å². The molecular formula is C21H26N4O2. The van der Waals surface area contributed by atoms with Crippen LogP contribution in [0, 0.1) is 13.8 Å². The molecule has 0 atom stereocenters. The Kier molecular flexibility index (Phi) is 7.11. The predicted octanol–water partition coefficient (Wildman–Crippen LogP) is 3.24. The van der Waals surface area contributed by atoms with Crippen molar-refractivity contribution in [2.45, 2.75) is 26.7 Å². The molecule has 2 N–H and O–H groups in total. The van der Waals surface area contributed by atoms with Crippen LogP contribution in [0.5, 0.6) is 0 Å². The minimum absolute atomic E-state index is 0.0770. The highest BCUT2D eigenvalue weighted by Gasteiger charge is 2.07. The van der Waals surface area contributed by atoms with Crippen molar-refractivity contribution in [2.24, 2.45) is 5.10 Å². The monoisotopic (exact) mass is 366 g/mol. The Labute approximate surface area is 160 Å². The first-order valence-electron chi connectivity index (χ1n) is 8.81. The van der Waals surface area contributed by atoms with Gasteiger partial charge in [0.1, 0.15) is 0 Å². The molecule has 2 amide bonds. The molecule has 0 bridgehead atoms. The van der Waals surface area contributed by atoms with Crippen molar-refractivity contribution < 1.29 is 9.59 Å². The third kappa shape index (κ3) is 6.58. The van der Waals surface area contributed by atoms with Crippen molar-refractivity contribution in [3.63, 3.8) is 0 Å². The van der Waals surface area contributed by atoms with Gasteiger partial charge in [-0.2, -0.15) is 5.10 Å². The standard InChI is InChI=1S/C21H26N4O2/c1-15-5-8-18(13-16(15)2)23-20(26)11-12-21(27)24-22-14-17-6-9-19(10-7-17)25(3)4/h5-10,13-14H,11-12H2,1-4H3,(H,23,26)(H,24,27)/b22-14+. The van der Waals surface area contributed by atoms with Crippen molar-refractivity contribution in [1.29, 1.82) is 0 Å². The van der Waals surface area contributed by atoms with Crippen molar-refractivity contribution in [2.75, 3.05) is 24.3 Å². The van der Waals surface area contributed by atoms with E-state index in [0.29, 0.717) is 0 Å². The molecule has 0 aliphatic rings. The topological polar surface area (TPSA) is 73.8 Å². The molecule has 0 saturated heterocycles. The smallest absolute Gasteiger partial charge is 0.240 e. The Hall–Kier alpha value is -3.15. The highest BCUT2D eigenvalue weighted by molar-refractivity contribution is 5.93. The van der Waals surface area contributed by atoms with E-state index >= 15 is 0 Å². The quantitative estimate of drug-likeness (QED) is 0.584. The van der Waals surface area contributed by atoms with E-state index in [1.807, 2.05) is 75.3 Å². The van der Waals surface area contributed by atoms with E-state index in [0.717, 1.165) is 22.5 Å². The van der Waals surface area contributed by atoms with E-state index in [1.54, 1.807) is 6.21 Å². The fourth-order valence-corrected chi connectivity index (χ4v) is 2.36. The Bertz CT molecular complexity index is 827. The third-order valence-electron chi connectivity index (χ3n) is 4.18. The van der Waals surface area contributed by atoms with E-state index < -0.39 is 0 Å². The summed E-state index contributed by atoms with van der Waals surface area (Å²) in [5, 5.41) is 6.73. The first kappa shape index (κ1) is 20.2. The van der Waals surface area contributed by atoms with Gasteiger partial charge in [-0.05, 0) is 54.8 Å². The third-order valence-corrected chi connectivity index (χ3v) is 4.18. The van der Waals surface area contributed by atoms with E-state index in [4.69, 9.17) is 0 Å². The minimum Gasteiger partial charge on any atom is -0.378 e. The Morgan fingerprint density at radius 2 is 1.63 bits per heavy atom. The lowest BCUT2D eigenvalue weighted by molar-refractivity contribution is -0.124. The number of aryl methyl sites for hydroxylation is 2. The van der Waals surface area contributed by atoms with E-state index in [1.165, 1.54) is 5.56 Å². The lowest BCUT2D eigenvalue weighted by Gasteiger charge is -2.11. The molecule has 0 aromatic heterocycles. The van der Waals surface area contributed by atoms with Crippen LogP contribution in [0.4, 0.5) is 11.4 Å². The molecule has 2 aromatic carbocycles. The average Bonchev–Trinajstić information content (AvgIpc) is 2.63. The highest BCUT2D eigenvalue weighted by Crippen LogP contribution is 2.14. The number of carbonyl (C=O) groups is 2. The SMILES string of the molecule is Cc1ccc(NC(=O)CCC(=O)N/N=C/c2ccc(N(C)C)cc2)cc1C. The maximum Gasteiger partial charge on any atom is 0.240 e. The molecule has 27 heavy (non-hydrogen) atoms. The minimum atomic E-state index is -0.300. The van der Waals surface area contributed by atoms with Crippen molar-refractivity contribution in [3.05, 3.63) is 59.2 Å². The molecular weight excluding hydrogens is 340 g/mol. The van der Waals surface area contributed by atoms with Crippen LogP contribution < -0.4 is 15.6 Å². The van der Waals surface area contributed by atoms with Crippen LogP contribution in [0.3, 0.4) is 0 Å². The summed E-state index contributed by atoms with van der Waals surface area (Å²) in [6.07, 6.45) is 1.76. The summed E-state index contributed by atoms with van der Waals surface area (Å²) < 4.78 is 0. The van der Waals surface area contributed by atoms with E-state index in [-0.39, 0.29) is 24.7 Å². The second-order valence-corrected chi connectivity index (χ2v) is 6.63. The molecule has 6 heteroatoms. The number of amides is 2. The van der Waals surface area contributed by atoms with Gasteiger partial charge in [-0.3, -0.25) is 9.59 Å². The first-order chi connectivity index (χ1) is 12.8. The van der Waals surface area contributed by atoms with Crippen molar-refractivity contribution in [3.8, 4) is 0 Å². The zero-order valence-electron chi connectivity index (χ0n) is 16.2. The zero-order chi connectivity index (χ0) is 19.8. The summed E-state index contributed by atoms with van der Waals surface area (Å²) in [5.41, 5.74) is 7.43. The summed E-state index contributed by atoms with van der Waals surface area (Å²) >= 11 is 0. The molecule has 6 nitrogen and oxygen atoms in total. The van der Waals surface area contributed by atoms with Gasteiger partial charge in [-0.1, -0.05) is 18.2 Å². The molecule has 0 fully saturated rings. The summed E-state index contributed by atoms with van der Waals surface area (Å²) in [6.45, 7) is 4.01. The fraction of sp³-hybridized carbons (Fsp3) is 0.286. The number of hydrogen-bond acceptors (Lipinski definition) is 4. The largest absolute Gasteiger partial charge is 0.378 e. The van der Waals surface area contributed by atoms with Crippen LogP contribution in [0.1, 0.15) is 29.5 Å². The van der Waals surface area contributed by atoms with Crippen molar-refractivity contribution >= 4 is 29.4 Å². The number of nitrogens with one attached hydrogen (secondary N) is 2. The highest BCUT2D eigenvalue weighted by atomic mass is 16.2. The van der Waals surface area contributed by atoms with Crippen LogP contribution >= 0.6 is 0 Å². The lowest BCUT2D eigenvalue weighted by Crippen LogP contribution is -2.20. The molecule has 2 aromatic rings. The molecule has 0 spiro atoms. The average molecular weight is 366 g/mol. The van der Waals surface area contributed by atoms with Gasteiger partial charge >= 0.3 is 0 Å². The molecule has 0 aliphatic heterocycles. The molecule has 0 radical (unpaired) electrons. The number of hydrogen-bond donors (Lipinski definition) is 2. The van der Waals surface area contributed by atoms with E-state index in [2.05, 4.69) is 15.8 Å². The number of rotatable bonds is 7. The zero-order valence-corrected chi connectivity index (χ0v) is 16.2. The van der Waals surface area contributed by atoms with Gasteiger partial charge in [0, 0.05) is 38.3 Å². The van der Waals surface area contributed by atoms with Gasteiger partial charge in [0.25, 0.3) is 0 Å². The number of hydrazone groups is 1. The lowest BCUT2D eigenvalue weighted by atomic mass is 10.1. The first-order valence-corrected chi connectivity index (χ1v) is 8.81. The normalized spacial score (nSPS) is 10.7. The summed E-state index contributed by atoms with van der Waals surface area (Å²) in [7, 11) is 3.94. The van der Waals surface area contributed by atoms with Crippen LogP contribution in [0.15, 0.2) is 47.6 Å². The van der Waals surface area contributed by atoms with Crippen LogP contribution in [0.2, 0.25) is 0 Å². The van der Waals surface area contributed by atoms with Crippen LogP contribution in [-0.2, 0) is 9.59 Å². The Morgan fingerprint density at radius 1 is 0.963 bits per heavy atom. The summed E-state index contributed by atoms with van der Waals surface area (Å²) in [4.78, 5) is 25.8. The Morgan fingerprint density at radius 3 is 2.26 bits per heavy atom. The fourth-order valence-electron chi connectivity index (χ4n) is 2.36. The summed E-state index contributed by atoms with van der Waals surface area (Å²) in [5.74, 6) is -0.497. The predicted molar refractivity (Wildman–Crippen MR) is 110 cm³/mol. The van der Waals surface area contributed by atoms with Gasteiger partial charge in [0.15, 0.2) is 0 Å². The number of carbonyl (C=O) groups excluding carboxylic acids is 2. The maximum atomic E-state index is 12.0. The second-order valence-electron chi connectivity index (χ2n) is 6.63. The number of benzene rings is 2. The van der Waals surface area contributed by atoms with Crippen LogP contribution in [0.25, 0.3) is 0 Å². The maximum absolute atomic E-state index is 12.0. The van der Waals surface area contributed by atoms with Crippen molar-refractivity contribution in [1.82, 2.24) is 5.43 Å². The van der Waals surface area contributed by atoms with Gasteiger partial charge in [-0.25, -0.2) is 5.43 Å². The van der Waals surface area contributed by atoms with Gasteiger partial charge in [0.2, 0.25) is 11.8 Å². The summed E-state index contributed by atoms with van der Waals surface area (Å²) in [6, 6.07) is 13.5. The van der Waals surface area contributed by atoms with Gasteiger partial charge in [0.05, 0.1) is 6.21 Å². The Balaban J connectivity index is 1.75. The second kappa shape index (κ2) is 9.52. The van der Waals surface area contributed by atoms with Gasteiger partial charge < -0.3 is 10.2 Å². The van der Waals surface area contributed by atoms with Gasteiger partial charge in [-0.15, -0.1) is 0 Å². The molecule has 0 saturated carbocycles. The number of anilines is 2. The molecule has 0 unspecified atom stereocenters. The van der Waals surface area contributed by atoms with Crippen LogP contribution in [-0.4, -0.2) is 32.1 Å². The molecule has 0 aliphatic carbocycles. The molecule has 2 rings (SSSR count). The molecule has 0 heterocycles.